The average Bonchev–Trinajstić information content (AvgIpc) is 3.87. The maximum absolute atomic E-state index is 2.55. The van der Waals surface area contributed by atoms with E-state index in [0.29, 0.717) is 0 Å². The van der Waals surface area contributed by atoms with Gasteiger partial charge < -0.3 is 0 Å². The summed E-state index contributed by atoms with van der Waals surface area (Å²) in [6.07, 6.45) is 6.69. The molecule has 9 aromatic rings. The lowest BCUT2D eigenvalue weighted by atomic mass is 9.55. The van der Waals surface area contributed by atoms with E-state index in [1.54, 1.807) is 0 Å². The minimum absolute atomic E-state index is 0.0190. The van der Waals surface area contributed by atoms with Crippen LogP contribution in [0.3, 0.4) is 0 Å². The van der Waals surface area contributed by atoms with Crippen molar-refractivity contribution >= 4 is 16.8 Å². The molecule has 1 atom stereocenters. The summed E-state index contributed by atoms with van der Waals surface area (Å²) < 4.78 is 0. The van der Waals surface area contributed by atoms with Gasteiger partial charge in [-0.1, -0.05) is 224 Å². The monoisotopic (exact) mass is 752 g/mol. The van der Waals surface area contributed by atoms with Crippen molar-refractivity contribution in [1.29, 1.82) is 0 Å². The van der Waals surface area contributed by atoms with E-state index in [4.69, 9.17) is 0 Å². The molecule has 0 saturated heterocycles. The molecule has 0 heterocycles. The van der Waals surface area contributed by atoms with E-state index in [9.17, 15) is 0 Å². The second kappa shape index (κ2) is 14.7. The third kappa shape index (κ3) is 6.07. The number of benzene rings is 9. The topological polar surface area (TPSA) is 0 Å². The normalized spacial score (nSPS) is 14.3. The highest BCUT2D eigenvalue weighted by atomic mass is 14.5. The number of hydrogen-bond donors (Lipinski definition) is 0. The van der Waals surface area contributed by atoms with Crippen LogP contribution < -0.4 is 0 Å². The number of allylic oxidation sites excluding steroid dienone is 1. The molecule has 0 saturated carbocycles. The van der Waals surface area contributed by atoms with Crippen molar-refractivity contribution < 1.29 is 0 Å². The Bertz CT molecular complexity index is 2840. The van der Waals surface area contributed by atoms with Gasteiger partial charge in [-0.3, -0.25) is 0 Å². The highest BCUT2D eigenvalue weighted by Gasteiger charge is 2.53. The van der Waals surface area contributed by atoms with Crippen molar-refractivity contribution in [1.82, 2.24) is 0 Å². The third-order valence-corrected chi connectivity index (χ3v) is 13.1. The van der Waals surface area contributed by atoms with Crippen LogP contribution in [-0.2, 0) is 18.3 Å². The Morgan fingerprint density at radius 3 is 1.49 bits per heavy atom. The van der Waals surface area contributed by atoms with Crippen LogP contribution in [0, 0.1) is 0 Å². The summed E-state index contributed by atoms with van der Waals surface area (Å²) in [7, 11) is 0. The molecule has 0 bridgehead atoms. The Hall–Kier alpha value is -7.02. The molecule has 0 spiro atoms. The van der Waals surface area contributed by atoms with Gasteiger partial charge in [0.1, 0.15) is 0 Å². The zero-order chi connectivity index (χ0) is 39.2. The maximum Gasteiger partial charge on any atom is 0.0415 e. The summed E-state index contributed by atoms with van der Waals surface area (Å²) in [6, 6.07) is 82.1. The largest absolute Gasteiger partial charge is 0.0751 e. The highest BCUT2D eigenvalue weighted by Crippen LogP contribution is 2.63. The summed E-state index contributed by atoms with van der Waals surface area (Å²) in [5, 5.41) is 2.55. The third-order valence-electron chi connectivity index (χ3n) is 13.1. The van der Waals surface area contributed by atoms with Crippen LogP contribution in [0.2, 0.25) is 0 Å². The molecule has 2 aliphatic carbocycles. The fourth-order valence-electron chi connectivity index (χ4n) is 10.5. The van der Waals surface area contributed by atoms with Gasteiger partial charge in [-0.2, -0.15) is 0 Å². The van der Waals surface area contributed by atoms with Crippen LogP contribution in [0.4, 0.5) is 0 Å². The van der Waals surface area contributed by atoms with E-state index in [1.165, 1.54) is 88.7 Å². The number of hydrogen-bond acceptors (Lipinski definition) is 0. The molecule has 0 nitrogen and oxygen atoms in total. The fourth-order valence-corrected chi connectivity index (χ4v) is 10.5. The number of rotatable bonds is 9. The molecule has 0 heteroatoms. The summed E-state index contributed by atoms with van der Waals surface area (Å²) in [5.41, 5.74) is 18.2. The van der Waals surface area contributed by atoms with Crippen LogP contribution in [-0.4, -0.2) is 0 Å². The molecule has 0 aromatic heterocycles. The van der Waals surface area contributed by atoms with Gasteiger partial charge in [0.05, 0.1) is 0 Å². The predicted octanol–water partition coefficient (Wildman–Crippen LogP) is 14.6. The first-order valence-corrected chi connectivity index (χ1v) is 21.0. The zero-order valence-corrected chi connectivity index (χ0v) is 33.0. The first kappa shape index (κ1) is 35.2. The van der Waals surface area contributed by atoms with Crippen LogP contribution in [0.5, 0.6) is 0 Å². The van der Waals surface area contributed by atoms with E-state index in [-0.39, 0.29) is 11.8 Å². The SMILES string of the molecule is C1=CC(C(c2ccccc2)(c2ccccc2)C2c3cc(Cc4ccccc4)ccc3-c3ccc(Cc4ccccc4)cc32)c2cc(-c3cccc4ccccc34)ccc21. The molecule has 0 fully saturated rings. The maximum atomic E-state index is 2.55. The molecule has 0 radical (unpaired) electrons. The van der Waals surface area contributed by atoms with Gasteiger partial charge in [0, 0.05) is 17.3 Å². The Balaban J connectivity index is 1.18. The van der Waals surface area contributed by atoms with Crippen molar-refractivity contribution in [3.8, 4) is 22.3 Å². The van der Waals surface area contributed by atoms with Crippen LogP contribution >= 0.6 is 0 Å². The molecule has 280 valence electrons. The lowest BCUT2D eigenvalue weighted by Gasteiger charge is -2.46. The fraction of sp³-hybridized carbons (Fsp3) is 0.0847. The smallest absolute Gasteiger partial charge is 0.0415 e. The van der Waals surface area contributed by atoms with E-state index in [0.717, 1.165) is 12.8 Å². The van der Waals surface area contributed by atoms with E-state index < -0.39 is 5.41 Å². The second-order valence-corrected chi connectivity index (χ2v) is 16.4. The Kier molecular flexibility index (Phi) is 8.78. The van der Waals surface area contributed by atoms with Gasteiger partial charge in [0.2, 0.25) is 0 Å². The Labute approximate surface area is 347 Å². The van der Waals surface area contributed by atoms with Gasteiger partial charge in [0.15, 0.2) is 0 Å². The first-order chi connectivity index (χ1) is 29.2. The van der Waals surface area contributed by atoms with Gasteiger partial charge in [-0.05, 0) is 108 Å². The van der Waals surface area contributed by atoms with Crippen molar-refractivity contribution in [2.24, 2.45) is 0 Å². The summed E-state index contributed by atoms with van der Waals surface area (Å²) in [4.78, 5) is 0. The van der Waals surface area contributed by atoms with E-state index >= 15 is 0 Å². The molecule has 0 aliphatic heterocycles. The molecule has 11 rings (SSSR count). The molecule has 0 amide bonds. The van der Waals surface area contributed by atoms with Crippen LogP contribution in [0.25, 0.3) is 39.1 Å². The van der Waals surface area contributed by atoms with E-state index in [2.05, 4.69) is 231 Å². The van der Waals surface area contributed by atoms with Crippen LogP contribution in [0.15, 0.2) is 224 Å². The Morgan fingerprint density at radius 2 is 0.898 bits per heavy atom. The molecule has 0 N–H and O–H groups in total. The highest BCUT2D eigenvalue weighted by molar-refractivity contribution is 5.97. The zero-order valence-electron chi connectivity index (χ0n) is 33.0. The molecular formula is C59H44. The summed E-state index contributed by atoms with van der Waals surface area (Å²) in [5.74, 6) is 0.0575. The first-order valence-electron chi connectivity index (χ1n) is 21.0. The summed E-state index contributed by atoms with van der Waals surface area (Å²) >= 11 is 0. The molecule has 9 aromatic carbocycles. The van der Waals surface area contributed by atoms with E-state index in [1.807, 2.05) is 0 Å². The lowest BCUT2D eigenvalue weighted by molar-refractivity contribution is 0.416. The number of fused-ring (bicyclic) bond motifs is 5. The van der Waals surface area contributed by atoms with Gasteiger partial charge in [-0.25, -0.2) is 0 Å². The standard InChI is InChI=1S/C59H44/c1-5-16-41(17-6-1)36-43-28-33-52-53-34-29-44(37-42-18-7-2-8-19-42)39-56(53)58(55(52)38-43)59(48-22-9-3-10-23-48,49-24-11-4-12-25-49)57-35-32-46-30-31-47(40-54(46)57)51-27-15-21-45-20-13-14-26-50(45)51/h1-35,38-40,57-58H,36-37H2. The Morgan fingerprint density at radius 1 is 0.373 bits per heavy atom. The van der Waals surface area contributed by atoms with Gasteiger partial charge in [0.25, 0.3) is 0 Å². The molecule has 2 aliphatic rings. The minimum Gasteiger partial charge on any atom is -0.0751 e. The van der Waals surface area contributed by atoms with Crippen molar-refractivity contribution in [2.45, 2.75) is 30.1 Å². The van der Waals surface area contributed by atoms with Gasteiger partial charge in [-0.15, -0.1) is 0 Å². The van der Waals surface area contributed by atoms with Gasteiger partial charge >= 0.3 is 0 Å². The quantitative estimate of drug-likeness (QED) is 0.138. The second-order valence-electron chi connectivity index (χ2n) is 16.4. The molecule has 59 heavy (non-hydrogen) atoms. The predicted molar refractivity (Wildman–Crippen MR) is 247 cm³/mol. The summed E-state index contributed by atoms with van der Waals surface area (Å²) in [6.45, 7) is 0. The molecule has 1 unspecified atom stereocenters. The van der Waals surface area contributed by atoms with Crippen molar-refractivity contribution in [3.05, 3.63) is 280 Å². The lowest BCUT2D eigenvalue weighted by Crippen LogP contribution is -2.40. The van der Waals surface area contributed by atoms with Crippen molar-refractivity contribution in [3.63, 3.8) is 0 Å². The average molecular weight is 753 g/mol. The minimum atomic E-state index is -0.502. The van der Waals surface area contributed by atoms with Crippen molar-refractivity contribution in [2.75, 3.05) is 0 Å². The molecular weight excluding hydrogens is 709 g/mol. The van der Waals surface area contributed by atoms with Crippen LogP contribution in [0.1, 0.15) is 67.5 Å².